The molecular weight excluding hydrogens is 188 g/mol. The van der Waals surface area contributed by atoms with Crippen molar-refractivity contribution in [3.63, 3.8) is 0 Å². The zero-order valence-corrected chi connectivity index (χ0v) is 9.07. The van der Waals surface area contributed by atoms with Gasteiger partial charge in [0.15, 0.2) is 0 Å². The van der Waals surface area contributed by atoms with Crippen molar-refractivity contribution < 1.29 is 4.79 Å². The van der Waals surface area contributed by atoms with Crippen LogP contribution < -0.4 is 0 Å². The molecule has 0 atom stereocenters. The summed E-state index contributed by atoms with van der Waals surface area (Å²) in [6.45, 7) is 3.75. The van der Waals surface area contributed by atoms with Crippen LogP contribution in [0.25, 0.3) is 0 Å². The second-order valence-corrected chi connectivity index (χ2v) is 4.04. The first-order valence-electron chi connectivity index (χ1n) is 5.45. The summed E-state index contributed by atoms with van der Waals surface area (Å²) in [5.74, 6) is 0.301. The van der Waals surface area contributed by atoms with Crippen LogP contribution in [0.1, 0.15) is 24.1 Å². The van der Waals surface area contributed by atoms with Gasteiger partial charge in [0.1, 0.15) is 0 Å². The SMILES string of the molecule is Cc1ccc(CCN2CCCC2=O)cn1. The van der Waals surface area contributed by atoms with Crippen LogP contribution >= 0.6 is 0 Å². The summed E-state index contributed by atoms with van der Waals surface area (Å²) in [7, 11) is 0. The molecule has 1 amide bonds. The number of hydrogen-bond acceptors (Lipinski definition) is 2. The first-order chi connectivity index (χ1) is 7.25. The van der Waals surface area contributed by atoms with Gasteiger partial charge in [-0.25, -0.2) is 0 Å². The van der Waals surface area contributed by atoms with Crippen molar-refractivity contribution in [1.29, 1.82) is 0 Å². The van der Waals surface area contributed by atoms with Crippen molar-refractivity contribution in [2.45, 2.75) is 26.2 Å². The molecule has 1 aromatic rings. The molecule has 2 heterocycles. The molecule has 3 heteroatoms. The zero-order chi connectivity index (χ0) is 10.7. The van der Waals surface area contributed by atoms with E-state index in [1.165, 1.54) is 5.56 Å². The van der Waals surface area contributed by atoms with Crippen molar-refractivity contribution in [3.05, 3.63) is 29.6 Å². The summed E-state index contributed by atoms with van der Waals surface area (Å²) in [4.78, 5) is 17.5. The first kappa shape index (κ1) is 10.1. The Kier molecular flexibility index (Phi) is 2.99. The Morgan fingerprint density at radius 1 is 1.47 bits per heavy atom. The minimum atomic E-state index is 0.301. The minimum Gasteiger partial charge on any atom is -0.342 e. The maximum Gasteiger partial charge on any atom is 0.222 e. The van der Waals surface area contributed by atoms with Crippen LogP contribution in [0.15, 0.2) is 18.3 Å². The van der Waals surface area contributed by atoms with E-state index in [9.17, 15) is 4.79 Å². The minimum absolute atomic E-state index is 0.301. The van der Waals surface area contributed by atoms with E-state index in [0.29, 0.717) is 5.91 Å². The topological polar surface area (TPSA) is 33.2 Å². The fraction of sp³-hybridized carbons (Fsp3) is 0.500. The lowest BCUT2D eigenvalue weighted by atomic mass is 10.2. The number of rotatable bonds is 3. The smallest absolute Gasteiger partial charge is 0.222 e. The van der Waals surface area contributed by atoms with E-state index in [-0.39, 0.29) is 0 Å². The third-order valence-electron chi connectivity index (χ3n) is 2.81. The van der Waals surface area contributed by atoms with E-state index in [4.69, 9.17) is 0 Å². The fourth-order valence-electron chi connectivity index (χ4n) is 1.85. The van der Waals surface area contributed by atoms with Crippen LogP contribution in [0.2, 0.25) is 0 Å². The van der Waals surface area contributed by atoms with Gasteiger partial charge >= 0.3 is 0 Å². The molecule has 1 aliphatic rings. The molecule has 1 aromatic heterocycles. The van der Waals surface area contributed by atoms with Crippen LogP contribution in [0.4, 0.5) is 0 Å². The predicted molar refractivity (Wildman–Crippen MR) is 58.5 cm³/mol. The molecule has 80 valence electrons. The highest BCUT2D eigenvalue weighted by molar-refractivity contribution is 5.78. The molecule has 0 radical (unpaired) electrons. The maximum atomic E-state index is 11.4. The Morgan fingerprint density at radius 3 is 2.93 bits per heavy atom. The molecule has 0 aliphatic carbocycles. The largest absolute Gasteiger partial charge is 0.342 e. The third-order valence-corrected chi connectivity index (χ3v) is 2.81. The Labute approximate surface area is 90.1 Å². The van der Waals surface area contributed by atoms with E-state index in [1.807, 2.05) is 24.1 Å². The van der Waals surface area contributed by atoms with E-state index >= 15 is 0 Å². The second kappa shape index (κ2) is 4.43. The van der Waals surface area contributed by atoms with Gasteiger partial charge in [-0.15, -0.1) is 0 Å². The maximum absolute atomic E-state index is 11.4. The van der Waals surface area contributed by atoms with E-state index in [1.54, 1.807) is 0 Å². The molecule has 0 aromatic carbocycles. The summed E-state index contributed by atoms with van der Waals surface area (Å²) in [6, 6.07) is 4.10. The summed E-state index contributed by atoms with van der Waals surface area (Å²) in [5.41, 5.74) is 2.25. The molecule has 15 heavy (non-hydrogen) atoms. The highest BCUT2D eigenvalue weighted by Crippen LogP contribution is 2.10. The Bertz CT molecular complexity index is 345. The molecule has 2 rings (SSSR count). The molecule has 1 fully saturated rings. The lowest BCUT2D eigenvalue weighted by molar-refractivity contribution is -0.127. The standard InChI is InChI=1S/C12H16N2O/c1-10-4-5-11(9-13-10)6-8-14-7-2-3-12(14)15/h4-5,9H,2-3,6-8H2,1H3. The quantitative estimate of drug-likeness (QED) is 0.748. The van der Waals surface area contributed by atoms with Gasteiger partial charge in [0, 0.05) is 31.4 Å². The normalized spacial score (nSPS) is 16.1. The van der Waals surface area contributed by atoms with Gasteiger partial charge in [-0.1, -0.05) is 6.07 Å². The van der Waals surface area contributed by atoms with Gasteiger partial charge in [0.2, 0.25) is 5.91 Å². The zero-order valence-electron chi connectivity index (χ0n) is 9.07. The molecule has 0 unspecified atom stereocenters. The number of carbonyl (C=O) groups excluding carboxylic acids is 1. The molecule has 0 bridgehead atoms. The average molecular weight is 204 g/mol. The molecule has 3 nitrogen and oxygen atoms in total. The van der Waals surface area contributed by atoms with Gasteiger partial charge in [0.05, 0.1) is 0 Å². The van der Waals surface area contributed by atoms with Gasteiger partial charge in [-0.05, 0) is 31.4 Å². The van der Waals surface area contributed by atoms with E-state index in [0.717, 1.165) is 38.0 Å². The van der Waals surface area contributed by atoms with Crippen LogP contribution in [0.5, 0.6) is 0 Å². The lowest BCUT2D eigenvalue weighted by Gasteiger charge is -2.14. The number of carbonyl (C=O) groups is 1. The number of hydrogen-bond donors (Lipinski definition) is 0. The molecular formula is C12H16N2O. The summed E-state index contributed by atoms with van der Waals surface area (Å²) < 4.78 is 0. The van der Waals surface area contributed by atoms with Crippen LogP contribution in [-0.2, 0) is 11.2 Å². The number of pyridine rings is 1. The van der Waals surface area contributed by atoms with Crippen LogP contribution in [0.3, 0.4) is 0 Å². The molecule has 0 spiro atoms. The van der Waals surface area contributed by atoms with E-state index < -0.39 is 0 Å². The lowest BCUT2D eigenvalue weighted by Crippen LogP contribution is -2.26. The Hall–Kier alpha value is -1.38. The average Bonchev–Trinajstić information content (AvgIpc) is 2.63. The number of aryl methyl sites for hydroxylation is 1. The Balaban J connectivity index is 1.87. The summed E-state index contributed by atoms with van der Waals surface area (Å²) in [6.07, 6.45) is 4.56. The number of likely N-dealkylation sites (tertiary alicyclic amines) is 1. The van der Waals surface area contributed by atoms with Gasteiger partial charge in [-0.2, -0.15) is 0 Å². The van der Waals surface area contributed by atoms with Crippen LogP contribution in [-0.4, -0.2) is 28.9 Å². The summed E-state index contributed by atoms with van der Waals surface area (Å²) in [5, 5.41) is 0. The fourth-order valence-corrected chi connectivity index (χ4v) is 1.85. The van der Waals surface area contributed by atoms with Crippen molar-refractivity contribution in [3.8, 4) is 0 Å². The van der Waals surface area contributed by atoms with E-state index in [2.05, 4.69) is 11.1 Å². The number of nitrogens with zero attached hydrogens (tertiary/aromatic N) is 2. The monoisotopic (exact) mass is 204 g/mol. The number of amides is 1. The molecule has 0 N–H and O–H groups in total. The highest BCUT2D eigenvalue weighted by Gasteiger charge is 2.19. The summed E-state index contributed by atoms with van der Waals surface area (Å²) >= 11 is 0. The van der Waals surface area contributed by atoms with Crippen molar-refractivity contribution in [2.75, 3.05) is 13.1 Å². The van der Waals surface area contributed by atoms with Crippen molar-refractivity contribution in [1.82, 2.24) is 9.88 Å². The first-order valence-corrected chi connectivity index (χ1v) is 5.45. The highest BCUT2D eigenvalue weighted by atomic mass is 16.2. The predicted octanol–water partition coefficient (Wildman–Crippen LogP) is 1.55. The molecule has 0 saturated carbocycles. The number of aromatic nitrogens is 1. The van der Waals surface area contributed by atoms with Gasteiger partial charge < -0.3 is 4.90 Å². The van der Waals surface area contributed by atoms with Crippen LogP contribution in [0, 0.1) is 6.92 Å². The molecule has 1 aliphatic heterocycles. The second-order valence-electron chi connectivity index (χ2n) is 4.04. The van der Waals surface area contributed by atoms with Gasteiger partial charge in [-0.3, -0.25) is 9.78 Å². The Morgan fingerprint density at radius 2 is 2.33 bits per heavy atom. The van der Waals surface area contributed by atoms with Gasteiger partial charge in [0.25, 0.3) is 0 Å². The third kappa shape index (κ3) is 2.55. The van der Waals surface area contributed by atoms with Crippen molar-refractivity contribution >= 4 is 5.91 Å². The molecule has 1 saturated heterocycles. The van der Waals surface area contributed by atoms with Crippen molar-refractivity contribution in [2.24, 2.45) is 0 Å².